The van der Waals surface area contributed by atoms with Crippen LogP contribution in [0.3, 0.4) is 0 Å². The number of carbonyl (C=O) groups is 1. The molecule has 0 aliphatic rings. The first-order valence-corrected chi connectivity index (χ1v) is 11.6. The summed E-state index contributed by atoms with van der Waals surface area (Å²) in [5, 5.41) is 1.73. The molecule has 0 saturated heterocycles. The number of primary amides is 1. The number of ether oxygens (including phenoxy) is 1. The molecule has 1 heterocycles. The van der Waals surface area contributed by atoms with Gasteiger partial charge < -0.3 is 10.5 Å². The molecule has 0 aliphatic heterocycles. The van der Waals surface area contributed by atoms with E-state index in [-0.39, 0.29) is 5.91 Å². The van der Waals surface area contributed by atoms with Gasteiger partial charge in [0.15, 0.2) is 0 Å². The maximum Gasteiger partial charge on any atom is 0.244 e. The number of fused-ring (bicyclic) bond motifs is 1. The van der Waals surface area contributed by atoms with Crippen molar-refractivity contribution in [2.75, 3.05) is 6.61 Å². The number of unbranched alkanes of at least 4 members (excludes halogenated alkanes) is 5. The Morgan fingerprint density at radius 3 is 2.61 bits per heavy atom. The molecule has 0 bridgehead atoms. The number of allylic oxidation sites excluding steroid dienone is 3. The van der Waals surface area contributed by atoms with Gasteiger partial charge in [-0.1, -0.05) is 56.9 Å². The summed E-state index contributed by atoms with van der Waals surface area (Å²) in [5.41, 5.74) is 8.14. The number of nitrogens with zero attached hydrogens (tertiary/aromatic N) is 1. The van der Waals surface area contributed by atoms with Gasteiger partial charge in [0.2, 0.25) is 11.8 Å². The molecule has 0 saturated carbocycles. The van der Waals surface area contributed by atoms with E-state index in [4.69, 9.17) is 22.1 Å². The van der Waals surface area contributed by atoms with Crippen molar-refractivity contribution in [1.29, 1.82) is 0 Å². The topological polar surface area (TPSA) is 65.2 Å². The zero-order valence-electron chi connectivity index (χ0n) is 19.0. The number of aromatic nitrogens is 1. The van der Waals surface area contributed by atoms with Gasteiger partial charge in [0.05, 0.1) is 12.1 Å². The van der Waals surface area contributed by atoms with Gasteiger partial charge in [-0.05, 0) is 68.4 Å². The van der Waals surface area contributed by atoms with E-state index >= 15 is 0 Å². The first-order chi connectivity index (χ1) is 14.9. The van der Waals surface area contributed by atoms with Crippen LogP contribution in [0.1, 0.15) is 65.7 Å². The fourth-order valence-electron chi connectivity index (χ4n) is 3.45. The van der Waals surface area contributed by atoms with E-state index in [0.29, 0.717) is 23.4 Å². The third kappa shape index (κ3) is 9.14. The Balaban J connectivity index is 1.60. The van der Waals surface area contributed by atoms with E-state index in [1.807, 2.05) is 43.3 Å². The molecule has 1 aromatic carbocycles. The SMILES string of the molecule is CC(C=CCCCCCCCOc1ccc2cc(Cl)ccc2n1)=C(CC(C)C)C(N)=O. The molecule has 0 spiro atoms. The van der Waals surface area contributed by atoms with Gasteiger partial charge in [0.25, 0.3) is 0 Å². The molecule has 1 amide bonds. The fraction of sp³-hybridized carbons (Fsp3) is 0.462. The van der Waals surface area contributed by atoms with Crippen molar-refractivity contribution in [1.82, 2.24) is 4.98 Å². The van der Waals surface area contributed by atoms with Crippen molar-refractivity contribution in [3.05, 3.63) is 58.7 Å². The van der Waals surface area contributed by atoms with Gasteiger partial charge >= 0.3 is 0 Å². The van der Waals surface area contributed by atoms with Gasteiger partial charge in [0, 0.05) is 22.0 Å². The minimum absolute atomic E-state index is 0.304. The van der Waals surface area contributed by atoms with Crippen molar-refractivity contribution >= 4 is 28.4 Å². The van der Waals surface area contributed by atoms with Crippen LogP contribution in [0.2, 0.25) is 5.02 Å². The molecule has 168 valence electrons. The zero-order valence-corrected chi connectivity index (χ0v) is 19.8. The number of pyridine rings is 1. The average molecular weight is 443 g/mol. The normalized spacial score (nSPS) is 12.5. The maximum absolute atomic E-state index is 11.6. The van der Waals surface area contributed by atoms with Crippen LogP contribution in [-0.4, -0.2) is 17.5 Å². The molecule has 4 nitrogen and oxygen atoms in total. The Morgan fingerprint density at radius 2 is 1.87 bits per heavy atom. The summed E-state index contributed by atoms with van der Waals surface area (Å²) in [5.74, 6) is 0.781. The number of nitrogens with two attached hydrogens (primary N) is 1. The second-order valence-electron chi connectivity index (χ2n) is 8.42. The van der Waals surface area contributed by atoms with Crippen LogP contribution < -0.4 is 10.5 Å². The van der Waals surface area contributed by atoms with Gasteiger partial charge in [-0.15, -0.1) is 0 Å². The highest BCUT2D eigenvalue weighted by Gasteiger charge is 2.09. The predicted molar refractivity (Wildman–Crippen MR) is 130 cm³/mol. The summed E-state index contributed by atoms with van der Waals surface area (Å²) in [6, 6.07) is 9.54. The van der Waals surface area contributed by atoms with Crippen LogP contribution in [0, 0.1) is 5.92 Å². The summed E-state index contributed by atoms with van der Waals surface area (Å²) in [6.07, 6.45) is 11.6. The van der Waals surface area contributed by atoms with Gasteiger partial charge in [-0.3, -0.25) is 4.79 Å². The van der Waals surface area contributed by atoms with Crippen LogP contribution in [0.15, 0.2) is 53.6 Å². The quantitative estimate of drug-likeness (QED) is 0.206. The van der Waals surface area contributed by atoms with E-state index in [0.717, 1.165) is 54.2 Å². The Kier molecular flexibility index (Phi) is 10.6. The van der Waals surface area contributed by atoms with Crippen LogP contribution in [0.5, 0.6) is 5.88 Å². The monoisotopic (exact) mass is 442 g/mol. The van der Waals surface area contributed by atoms with E-state index in [1.165, 1.54) is 12.8 Å². The lowest BCUT2D eigenvalue weighted by atomic mass is 9.97. The Morgan fingerprint density at radius 1 is 1.13 bits per heavy atom. The first kappa shape index (κ1) is 24.9. The highest BCUT2D eigenvalue weighted by molar-refractivity contribution is 6.31. The van der Waals surface area contributed by atoms with Crippen LogP contribution in [0.4, 0.5) is 0 Å². The van der Waals surface area contributed by atoms with Crippen molar-refractivity contribution in [2.45, 2.75) is 65.7 Å². The molecule has 5 heteroatoms. The highest BCUT2D eigenvalue weighted by atomic mass is 35.5. The molecule has 1 aromatic heterocycles. The number of hydrogen-bond acceptors (Lipinski definition) is 3. The third-order valence-corrected chi connectivity index (χ3v) is 5.38. The Hall–Kier alpha value is -2.33. The Bertz CT molecular complexity index is 919. The molecule has 0 atom stereocenters. The lowest BCUT2D eigenvalue weighted by Crippen LogP contribution is -2.16. The largest absolute Gasteiger partial charge is 0.478 e. The molecule has 0 radical (unpaired) electrons. The third-order valence-electron chi connectivity index (χ3n) is 5.14. The van der Waals surface area contributed by atoms with Crippen molar-refractivity contribution in [2.24, 2.45) is 11.7 Å². The van der Waals surface area contributed by atoms with Crippen molar-refractivity contribution < 1.29 is 9.53 Å². The fourth-order valence-corrected chi connectivity index (χ4v) is 3.63. The van der Waals surface area contributed by atoms with Crippen molar-refractivity contribution in [3.63, 3.8) is 0 Å². The summed E-state index contributed by atoms with van der Waals surface area (Å²) < 4.78 is 5.79. The van der Waals surface area contributed by atoms with E-state index in [9.17, 15) is 4.79 Å². The van der Waals surface area contributed by atoms with Gasteiger partial charge in [0.1, 0.15) is 0 Å². The number of hydrogen-bond donors (Lipinski definition) is 1. The molecule has 0 unspecified atom stereocenters. The first-order valence-electron chi connectivity index (χ1n) is 11.2. The Labute approximate surface area is 191 Å². The smallest absolute Gasteiger partial charge is 0.244 e. The lowest BCUT2D eigenvalue weighted by Gasteiger charge is -2.09. The number of rotatable bonds is 13. The summed E-state index contributed by atoms with van der Waals surface area (Å²) in [6.45, 7) is 6.85. The van der Waals surface area contributed by atoms with Gasteiger partial charge in [-0.2, -0.15) is 0 Å². The zero-order chi connectivity index (χ0) is 22.6. The minimum Gasteiger partial charge on any atom is -0.478 e. The molecular weight excluding hydrogens is 408 g/mol. The molecule has 2 aromatic rings. The number of benzene rings is 1. The molecule has 31 heavy (non-hydrogen) atoms. The number of halogens is 1. The van der Waals surface area contributed by atoms with Gasteiger partial charge in [-0.25, -0.2) is 4.98 Å². The summed E-state index contributed by atoms with van der Waals surface area (Å²) in [4.78, 5) is 16.1. The molecule has 2 N–H and O–H groups in total. The molecule has 0 aliphatic carbocycles. The standard InChI is InChI=1S/C26H35ClN2O2/c1-19(2)17-23(26(28)30)20(3)11-9-7-5-4-6-8-10-16-31-25-15-12-21-18-22(27)13-14-24(21)29-25/h9,11-15,18-19H,4-8,10,16-17H2,1-3H3,(H2,28,30). The molecule has 0 fully saturated rings. The average Bonchev–Trinajstić information content (AvgIpc) is 2.72. The van der Waals surface area contributed by atoms with Crippen LogP contribution in [0.25, 0.3) is 10.9 Å². The second-order valence-corrected chi connectivity index (χ2v) is 8.85. The lowest BCUT2D eigenvalue weighted by molar-refractivity contribution is -0.114. The van der Waals surface area contributed by atoms with Crippen LogP contribution >= 0.6 is 11.6 Å². The summed E-state index contributed by atoms with van der Waals surface area (Å²) >= 11 is 6.00. The highest BCUT2D eigenvalue weighted by Crippen LogP contribution is 2.21. The maximum atomic E-state index is 11.6. The van der Waals surface area contributed by atoms with E-state index in [1.54, 1.807) is 0 Å². The summed E-state index contributed by atoms with van der Waals surface area (Å²) in [7, 11) is 0. The van der Waals surface area contributed by atoms with Crippen LogP contribution in [-0.2, 0) is 4.79 Å². The second kappa shape index (κ2) is 13.2. The molecular formula is C26H35ClN2O2. The van der Waals surface area contributed by atoms with Crippen molar-refractivity contribution in [3.8, 4) is 5.88 Å². The number of carbonyl (C=O) groups excluding carboxylic acids is 1. The van der Waals surface area contributed by atoms with E-state index < -0.39 is 0 Å². The predicted octanol–water partition coefficient (Wildman–Crippen LogP) is 7.01. The minimum atomic E-state index is -0.304. The van der Waals surface area contributed by atoms with E-state index in [2.05, 4.69) is 24.9 Å². The molecule has 2 rings (SSSR count). The number of amides is 1.